The van der Waals surface area contributed by atoms with Gasteiger partial charge in [0.15, 0.2) is 0 Å². The molecule has 2 rings (SSSR count). The van der Waals surface area contributed by atoms with Crippen molar-refractivity contribution in [2.45, 2.75) is 26.2 Å². The van der Waals surface area contributed by atoms with E-state index < -0.39 is 16.4 Å². The normalized spacial score (nSPS) is 12.4. The number of aromatic hydroxyl groups is 1. The van der Waals surface area contributed by atoms with E-state index in [1.807, 2.05) is 6.07 Å². The van der Waals surface area contributed by atoms with Crippen LogP contribution in [-0.4, -0.2) is 16.2 Å². The minimum Gasteiger partial charge on any atom is -0.867 e. The van der Waals surface area contributed by atoms with Crippen molar-refractivity contribution in [1.82, 2.24) is 0 Å². The lowest BCUT2D eigenvalue weighted by atomic mass is 9.98. The van der Waals surface area contributed by atoms with E-state index in [4.69, 9.17) is 0 Å². The van der Waals surface area contributed by atoms with Crippen LogP contribution in [0.4, 0.5) is 11.4 Å². The van der Waals surface area contributed by atoms with E-state index in [1.54, 1.807) is 12.1 Å². The Morgan fingerprint density at radius 2 is 2.09 bits per heavy atom. The number of rotatable bonds is 5. The summed E-state index contributed by atoms with van der Waals surface area (Å²) < 4.78 is 0. The molecule has 0 aliphatic rings. The molecule has 1 atom stereocenters. The van der Waals surface area contributed by atoms with Gasteiger partial charge in [0.25, 0.3) is 5.69 Å². The van der Waals surface area contributed by atoms with Gasteiger partial charge in [0.05, 0.1) is 4.92 Å². The first-order valence-electron chi connectivity index (χ1n) is 7.25. The lowest BCUT2D eigenvalue weighted by molar-refractivity contribution is -0.398. The average molecular weight is 313 g/mol. The van der Waals surface area contributed by atoms with Crippen LogP contribution in [0.3, 0.4) is 0 Å². The Balaban J connectivity index is 2.37. The van der Waals surface area contributed by atoms with E-state index >= 15 is 0 Å². The van der Waals surface area contributed by atoms with Crippen molar-refractivity contribution in [2.75, 3.05) is 0 Å². The van der Waals surface area contributed by atoms with Gasteiger partial charge >= 0.3 is 0 Å². The van der Waals surface area contributed by atoms with Gasteiger partial charge in [-0.05, 0) is 41.3 Å². The lowest BCUT2D eigenvalue weighted by Gasteiger charge is -2.11. The number of benzene rings is 2. The molecule has 0 heterocycles. The first-order chi connectivity index (χ1) is 10.9. The molecule has 2 aromatic carbocycles. The van der Waals surface area contributed by atoms with Crippen LogP contribution in [0.5, 0.6) is 11.5 Å². The average Bonchev–Trinajstić information content (AvgIpc) is 2.54. The molecule has 0 spiro atoms. The van der Waals surface area contributed by atoms with Gasteiger partial charge in [0.1, 0.15) is 11.4 Å². The fourth-order valence-corrected chi connectivity index (χ4v) is 2.11. The summed E-state index contributed by atoms with van der Waals surface area (Å²) in [6.45, 7) is 4.13. The minimum absolute atomic E-state index is 0.00816. The van der Waals surface area contributed by atoms with Gasteiger partial charge in [-0.15, -0.1) is 0 Å². The number of phenols is 1. The zero-order chi connectivity index (χ0) is 17.0. The molecule has 0 radical (unpaired) electrons. The molecule has 120 valence electrons. The Bertz CT molecular complexity index is 756. The van der Waals surface area contributed by atoms with Gasteiger partial charge in [-0.2, -0.15) is 0 Å². The second-order valence-corrected chi connectivity index (χ2v) is 5.27. The van der Waals surface area contributed by atoms with Crippen LogP contribution in [0.15, 0.2) is 41.4 Å². The third-order valence-corrected chi connectivity index (χ3v) is 3.75. The minimum atomic E-state index is -0.722. The molecule has 0 unspecified atom stereocenters. The zero-order valence-electron chi connectivity index (χ0n) is 12.9. The summed E-state index contributed by atoms with van der Waals surface area (Å²) in [5.41, 5.74) is 0.964. The molecular weight excluding hydrogens is 296 g/mol. The molecule has 0 saturated heterocycles. The largest absolute Gasteiger partial charge is 0.867 e. The second kappa shape index (κ2) is 6.91. The first-order valence-corrected chi connectivity index (χ1v) is 7.25. The predicted octanol–water partition coefficient (Wildman–Crippen LogP) is 3.64. The van der Waals surface area contributed by atoms with E-state index in [9.17, 15) is 20.3 Å². The molecule has 0 aliphatic carbocycles. The number of hydrogen-bond donors (Lipinski definition) is 1. The monoisotopic (exact) mass is 313 g/mol. The van der Waals surface area contributed by atoms with Crippen molar-refractivity contribution in [2.24, 2.45) is 4.99 Å². The summed E-state index contributed by atoms with van der Waals surface area (Å²) in [7, 11) is 0. The van der Waals surface area contributed by atoms with Gasteiger partial charge in [-0.25, -0.2) is 0 Å². The highest BCUT2D eigenvalue weighted by molar-refractivity contribution is 5.87. The quantitative estimate of drug-likeness (QED) is 0.517. The highest BCUT2D eigenvalue weighted by Gasteiger charge is 2.09. The topological polar surface area (TPSA) is 98.8 Å². The molecule has 23 heavy (non-hydrogen) atoms. The Hall–Kier alpha value is -2.89. The van der Waals surface area contributed by atoms with Crippen molar-refractivity contribution in [3.8, 4) is 11.5 Å². The van der Waals surface area contributed by atoms with E-state index in [1.165, 1.54) is 18.3 Å². The number of nitro groups is 1. The van der Waals surface area contributed by atoms with Crippen molar-refractivity contribution in [1.29, 1.82) is 0 Å². The van der Waals surface area contributed by atoms with Crippen LogP contribution in [0, 0.1) is 10.1 Å². The fraction of sp³-hybridized carbons (Fsp3) is 0.235. The molecule has 0 saturated carbocycles. The third kappa shape index (κ3) is 3.66. The van der Waals surface area contributed by atoms with Gasteiger partial charge in [-0.3, -0.25) is 15.1 Å². The van der Waals surface area contributed by atoms with E-state index in [-0.39, 0.29) is 11.3 Å². The van der Waals surface area contributed by atoms with E-state index in [2.05, 4.69) is 18.8 Å². The maximum atomic E-state index is 11.9. The second-order valence-electron chi connectivity index (χ2n) is 5.27. The van der Waals surface area contributed by atoms with Crippen molar-refractivity contribution >= 4 is 17.6 Å². The van der Waals surface area contributed by atoms with Gasteiger partial charge in [-0.1, -0.05) is 32.0 Å². The fourth-order valence-electron chi connectivity index (χ4n) is 2.11. The third-order valence-electron chi connectivity index (χ3n) is 3.75. The number of nitrogens with zero attached hydrogens (tertiary/aromatic N) is 2. The van der Waals surface area contributed by atoms with E-state index in [0.29, 0.717) is 11.6 Å². The molecular formula is C17H17N2O4-. The number of hydrogen-bond acceptors (Lipinski definition) is 5. The maximum absolute atomic E-state index is 11.9. The Morgan fingerprint density at radius 3 is 2.74 bits per heavy atom. The summed E-state index contributed by atoms with van der Waals surface area (Å²) in [6.07, 6.45) is 2.19. The van der Waals surface area contributed by atoms with Gasteiger partial charge in [0.2, 0.25) is 0 Å². The molecule has 0 bridgehead atoms. The SMILES string of the molecule is CC[C@H](C)c1ccc(O)c(N=Cc2cccc([N+](=O)[O-])c2[O-])c1. The first kappa shape index (κ1) is 16.5. The summed E-state index contributed by atoms with van der Waals surface area (Å²) in [5.74, 6) is -0.387. The van der Waals surface area contributed by atoms with Crippen LogP contribution in [-0.2, 0) is 0 Å². The number of aliphatic imine (C=N–C) groups is 1. The molecule has 0 fully saturated rings. The van der Waals surface area contributed by atoms with Gasteiger partial charge < -0.3 is 10.2 Å². The molecule has 2 aromatic rings. The predicted molar refractivity (Wildman–Crippen MR) is 86.6 cm³/mol. The lowest BCUT2D eigenvalue weighted by Crippen LogP contribution is -2.01. The number of nitro benzene ring substituents is 1. The van der Waals surface area contributed by atoms with Crippen LogP contribution in [0.25, 0.3) is 0 Å². The molecule has 0 aliphatic heterocycles. The van der Waals surface area contributed by atoms with Gasteiger partial charge in [0, 0.05) is 12.3 Å². The van der Waals surface area contributed by atoms with Crippen LogP contribution >= 0.6 is 0 Å². The van der Waals surface area contributed by atoms with Crippen molar-refractivity contribution in [3.05, 3.63) is 57.6 Å². The Labute approximate surface area is 133 Å². The van der Waals surface area contributed by atoms with Crippen molar-refractivity contribution in [3.63, 3.8) is 0 Å². The summed E-state index contributed by atoms with van der Waals surface area (Å²) in [6, 6.07) is 9.17. The zero-order valence-corrected chi connectivity index (χ0v) is 12.9. The van der Waals surface area contributed by atoms with Crippen LogP contribution in [0.2, 0.25) is 0 Å². The Morgan fingerprint density at radius 1 is 1.35 bits per heavy atom. The van der Waals surface area contributed by atoms with Crippen LogP contribution in [0.1, 0.15) is 37.3 Å². The summed E-state index contributed by atoms with van der Waals surface area (Å²) in [5, 5.41) is 32.6. The highest BCUT2D eigenvalue weighted by Crippen LogP contribution is 2.32. The number of para-hydroxylation sites is 1. The molecule has 6 heteroatoms. The standard InChI is InChI=1S/C17H18N2O4/c1-3-11(2)12-7-8-16(20)14(9-12)18-10-13-5-4-6-15(17(13)21)19(22)23/h4-11,20-21H,3H2,1-2H3/p-1/t11-/m0/s1. The number of phenolic OH excluding ortho intramolecular Hbond substituents is 1. The van der Waals surface area contributed by atoms with Crippen molar-refractivity contribution < 1.29 is 15.1 Å². The Kier molecular flexibility index (Phi) is 4.95. The molecule has 0 amide bonds. The van der Waals surface area contributed by atoms with Crippen LogP contribution < -0.4 is 5.11 Å². The molecule has 6 nitrogen and oxygen atoms in total. The maximum Gasteiger partial charge on any atom is 0.262 e. The molecule has 0 aromatic heterocycles. The van der Waals surface area contributed by atoms with E-state index in [0.717, 1.165) is 18.1 Å². The summed E-state index contributed by atoms with van der Waals surface area (Å²) in [4.78, 5) is 14.2. The summed E-state index contributed by atoms with van der Waals surface area (Å²) >= 11 is 0. The molecule has 1 N–H and O–H groups in total. The smallest absolute Gasteiger partial charge is 0.262 e. The highest BCUT2D eigenvalue weighted by atomic mass is 16.6.